The van der Waals surface area contributed by atoms with E-state index in [1.54, 1.807) is 0 Å². The molecule has 0 spiro atoms. The molecule has 0 saturated heterocycles. The van der Waals surface area contributed by atoms with Gasteiger partial charge in [-0.1, -0.05) is 135 Å². The minimum atomic E-state index is -0.135. The van der Waals surface area contributed by atoms with Crippen molar-refractivity contribution in [3.63, 3.8) is 0 Å². The molecule has 1 rings (SSSR count). The largest absolute Gasteiger partial charge is 0.369 e. The average molecular weight is 390 g/mol. The van der Waals surface area contributed by atoms with E-state index in [0.717, 1.165) is 12.8 Å². The summed E-state index contributed by atoms with van der Waals surface area (Å²) >= 11 is 0. The molecular weight excluding hydrogens is 342 g/mol. The third-order valence-electron chi connectivity index (χ3n) is 6.89. The van der Waals surface area contributed by atoms with Gasteiger partial charge in [0.1, 0.15) is 0 Å². The summed E-state index contributed by atoms with van der Waals surface area (Å²) in [6, 6.07) is 0. The Kier molecular flexibility index (Phi) is 13.3. The van der Waals surface area contributed by atoms with Crippen LogP contribution in [0.4, 0.5) is 0 Å². The second-order valence-corrected chi connectivity index (χ2v) is 9.24. The highest BCUT2D eigenvalue weighted by atomic mass is 16.1. The van der Waals surface area contributed by atoms with Gasteiger partial charge in [-0.3, -0.25) is 4.79 Å². The van der Waals surface area contributed by atoms with E-state index in [1.807, 2.05) is 0 Å². The molecule has 0 aliphatic heterocycles. The summed E-state index contributed by atoms with van der Waals surface area (Å²) in [5, 5.41) is 0. The standard InChI is InChI=1S/C26H47NO/c1-4-5-6-7-8-9-10-11-12-13-14-15-16-17-21-24(25(27)28)26(3)22-19-18-20-23(26)2/h18-20,22-24H,4-17,21H2,1-3H3,(H2,27,28). The normalized spacial score (nSPS) is 22.5. The van der Waals surface area contributed by atoms with Gasteiger partial charge in [-0.25, -0.2) is 0 Å². The molecule has 28 heavy (non-hydrogen) atoms. The first-order chi connectivity index (χ1) is 13.5. The highest BCUT2D eigenvalue weighted by Gasteiger charge is 2.39. The molecular formula is C26H47NO. The summed E-state index contributed by atoms with van der Waals surface area (Å²) in [6.07, 6.45) is 28.5. The fourth-order valence-corrected chi connectivity index (χ4v) is 4.59. The molecule has 0 heterocycles. The Morgan fingerprint density at radius 3 is 1.75 bits per heavy atom. The Bertz CT molecular complexity index is 467. The van der Waals surface area contributed by atoms with Crippen molar-refractivity contribution in [1.82, 2.24) is 0 Å². The van der Waals surface area contributed by atoms with E-state index in [-0.39, 0.29) is 17.2 Å². The van der Waals surface area contributed by atoms with Crippen molar-refractivity contribution in [3.8, 4) is 0 Å². The molecule has 0 saturated carbocycles. The van der Waals surface area contributed by atoms with Gasteiger partial charge >= 0.3 is 0 Å². The average Bonchev–Trinajstić information content (AvgIpc) is 2.67. The van der Waals surface area contributed by atoms with Gasteiger partial charge in [0.25, 0.3) is 0 Å². The quantitative estimate of drug-likeness (QED) is 0.254. The molecule has 1 aliphatic carbocycles. The molecule has 1 aliphatic rings. The van der Waals surface area contributed by atoms with Crippen molar-refractivity contribution < 1.29 is 4.79 Å². The first kappa shape index (κ1) is 25.0. The van der Waals surface area contributed by atoms with Crippen LogP contribution in [0.5, 0.6) is 0 Å². The lowest BCUT2D eigenvalue weighted by Gasteiger charge is -2.39. The van der Waals surface area contributed by atoms with Crippen molar-refractivity contribution in [2.24, 2.45) is 23.0 Å². The van der Waals surface area contributed by atoms with Gasteiger partial charge in [0.2, 0.25) is 5.91 Å². The van der Waals surface area contributed by atoms with Gasteiger partial charge in [-0.2, -0.15) is 0 Å². The van der Waals surface area contributed by atoms with Gasteiger partial charge in [0.05, 0.1) is 0 Å². The smallest absolute Gasteiger partial charge is 0.221 e. The molecule has 2 N–H and O–H groups in total. The lowest BCUT2D eigenvalue weighted by Crippen LogP contribution is -2.40. The van der Waals surface area contributed by atoms with Crippen LogP contribution in [0.1, 0.15) is 117 Å². The molecule has 0 aromatic heterocycles. The number of hydrogen-bond acceptors (Lipinski definition) is 1. The third-order valence-corrected chi connectivity index (χ3v) is 6.89. The Balaban J connectivity index is 2.04. The molecule has 0 radical (unpaired) electrons. The summed E-state index contributed by atoms with van der Waals surface area (Å²) in [5.41, 5.74) is 5.64. The van der Waals surface area contributed by atoms with Crippen LogP contribution in [0.15, 0.2) is 24.3 Å². The van der Waals surface area contributed by atoms with Gasteiger partial charge in [0.15, 0.2) is 0 Å². The molecule has 3 atom stereocenters. The molecule has 2 heteroatoms. The van der Waals surface area contributed by atoms with Gasteiger partial charge in [-0.05, 0) is 12.3 Å². The maximum Gasteiger partial charge on any atom is 0.221 e. The maximum absolute atomic E-state index is 12.1. The van der Waals surface area contributed by atoms with Crippen molar-refractivity contribution >= 4 is 5.91 Å². The molecule has 0 aromatic carbocycles. The van der Waals surface area contributed by atoms with Crippen LogP contribution in [0.2, 0.25) is 0 Å². The second kappa shape index (κ2) is 14.9. The van der Waals surface area contributed by atoms with Crippen LogP contribution in [0, 0.1) is 17.3 Å². The van der Waals surface area contributed by atoms with E-state index in [4.69, 9.17) is 5.73 Å². The van der Waals surface area contributed by atoms with Crippen molar-refractivity contribution in [2.75, 3.05) is 0 Å². The first-order valence-corrected chi connectivity index (χ1v) is 12.2. The predicted molar refractivity (Wildman–Crippen MR) is 123 cm³/mol. The monoisotopic (exact) mass is 389 g/mol. The Hall–Kier alpha value is -1.05. The van der Waals surface area contributed by atoms with E-state index < -0.39 is 0 Å². The van der Waals surface area contributed by atoms with Crippen molar-refractivity contribution in [3.05, 3.63) is 24.3 Å². The van der Waals surface area contributed by atoms with Crippen LogP contribution in [-0.4, -0.2) is 5.91 Å². The molecule has 1 amide bonds. The lowest BCUT2D eigenvalue weighted by atomic mass is 9.65. The minimum absolute atomic E-state index is 0.0546. The van der Waals surface area contributed by atoms with E-state index >= 15 is 0 Å². The predicted octanol–water partition coefficient (Wildman–Crippen LogP) is 7.73. The van der Waals surface area contributed by atoms with Crippen LogP contribution in [0.3, 0.4) is 0 Å². The molecule has 162 valence electrons. The van der Waals surface area contributed by atoms with E-state index in [9.17, 15) is 4.79 Å². The fourth-order valence-electron chi connectivity index (χ4n) is 4.59. The number of rotatable bonds is 17. The van der Waals surface area contributed by atoms with Gasteiger partial charge < -0.3 is 5.73 Å². The highest BCUT2D eigenvalue weighted by Crippen LogP contribution is 2.42. The molecule has 3 unspecified atom stereocenters. The number of hydrogen-bond donors (Lipinski definition) is 1. The Morgan fingerprint density at radius 2 is 1.32 bits per heavy atom. The summed E-state index contributed by atoms with van der Waals surface area (Å²) in [4.78, 5) is 12.1. The number of unbranched alkanes of at least 4 members (excludes halogenated alkanes) is 13. The number of carbonyl (C=O) groups excluding carboxylic acids is 1. The number of carbonyl (C=O) groups is 1. The van der Waals surface area contributed by atoms with E-state index in [2.05, 4.69) is 45.1 Å². The SMILES string of the molecule is CCCCCCCCCCCCCCCCC(C(N)=O)C1(C)C=CC=CC1C. The fraction of sp³-hybridized carbons (Fsp3) is 0.808. The molecule has 2 nitrogen and oxygen atoms in total. The highest BCUT2D eigenvalue weighted by molar-refractivity contribution is 5.78. The van der Waals surface area contributed by atoms with Gasteiger partial charge in [0, 0.05) is 11.3 Å². The molecule has 0 aromatic rings. The molecule has 0 bridgehead atoms. The zero-order valence-electron chi connectivity index (χ0n) is 19.1. The van der Waals surface area contributed by atoms with Crippen LogP contribution in [-0.2, 0) is 4.79 Å². The summed E-state index contributed by atoms with van der Waals surface area (Å²) in [6.45, 7) is 6.67. The van der Waals surface area contributed by atoms with Crippen LogP contribution < -0.4 is 5.73 Å². The van der Waals surface area contributed by atoms with Crippen molar-refractivity contribution in [1.29, 1.82) is 0 Å². The summed E-state index contributed by atoms with van der Waals surface area (Å²) in [7, 11) is 0. The van der Waals surface area contributed by atoms with Gasteiger partial charge in [-0.15, -0.1) is 0 Å². The number of allylic oxidation sites excluding steroid dienone is 4. The zero-order chi connectivity index (χ0) is 20.7. The summed E-state index contributed by atoms with van der Waals surface area (Å²) < 4.78 is 0. The van der Waals surface area contributed by atoms with Crippen molar-refractivity contribution in [2.45, 2.75) is 117 Å². The first-order valence-electron chi connectivity index (χ1n) is 12.2. The zero-order valence-corrected chi connectivity index (χ0v) is 19.1. The Morgan fingerprint density at radius 1 is 0.857 bits per heavy atom. The summed E-state index contributed by atoms with van der Waals surface area (Å²) in [5.74, 6) is 0.173. The maximum atomic E-state index is 12.1. The lowest BCUT2D eigenvalue weighted by molar-refractivity contribution is -0.125. The number of nitrogens with two attached hydrogens (primary N) is 1. The number of primary amides is 1. The van der Waals surface area contributed by atoms with E-state index in [0.29, 0.717) is 5.92 Å². The Labute approximate surface area is 175 Å². The third kappa shape index (κ3) is 9.43. The second-order valence-electron chi connectivity index (χ2n) is 9.24. The number of amides is 1. The minimum Gasteiger partial charge on any atom is -0.369 e. The topological polar surface area (TPSA) is 43.1 Å². The van der Waals surface area contributed by atoms with E-state index in [1.165, 1.54) is 83.5 Å². The van der Waals surface area contributed by atoms with Crippen LogP contribution in [0.25, 0.3) is 0 Å². The molecule has 0 fully saturated rings. The van der Waals surface area contributed by atoms with Crippen LogP contribution >= 0.6 is 0 Å².